The number of ether oxygens (including phenoxy) is 3. The fraction of sp³-hybridized carbons (Fsp3) is 0.458. The highest BCUT2D eigenvalue weighted by molar-refractivity contribution is 5.95. The summed E-state index contributed by atoms with van der Waals surface area (Å²) >= 11 is 0. The molecular formula is C24H28N2O5. The third-order valence-electron chi connectivity index (χ3n) is 6.41. The quantitative estimate of drug-likeness (QED) is 0.742. The molecule has 2 N–H and O–H groups in total. The molecule has 0 aromatic heterocycles. The summed E-state index contributed by atoms with van der Waals surface area (Å²) < 4.78 is 17.6. The molecule has 7 nitrogen and oxygen atoms in total. The average molecular weight is 424 g/mol. The Kier molecular flexibility index (Phi) is 5.70. The molecule has 0 aliphatic carbocycles. The maximum Gasteiger partial charge on any atom is 0.251 e. The van der Waals surface area contributed by atoms with Crippen LogP contribution in [0.2, 0.25) is 0 Å². The molecule has 2 aromatic carbocycles. The number of benzene rings is 2. The van der Waals surface area contributed by atoms with Crippen LogP contribution < -0.4 is 14.8 Å². The van der Waals surface area contributed by atoms with Crippen molar-refractivity contribution in [2.45, 2.75) is 31.6 Å². The molecule has 6 rings (SSSR count). The van der Waals surface area contributed by atoms with Crippen molar-refractivity contribution >= 4 is 5.91 Å². The number of hydrogen-bond donors (Lipinski definition) is 2. The Labute approximate surface area is 181 Å². The van der Waals surface area contributed by atoms with Gasteiger partial charge in [-0.2, -0.15) is 0 Å². The summed E-state index contributed by atoms with van der Waals surface area (Å²) in [6.07, 6.45) is 2.08. The molecule has 4 heterocycles. The number of rotatable bonds is 6. The molecule has 0 spiro atoms. The second-order valence-electron chi connectivity index (χ2n) is 8.61. The molecule has 1 amide bonds. The Hall–Kier alpha value is -2.77. The highest BCUT2D eigenvalue weighted by Gasteiger charge is 2.35. The summed E-state index contributed by atoms with van der Waals surface area (Å²) in [6, 6.07) is 12.5. The molecule has 0 radical (unpaired) electrons. The summed E-state index contributed by atoms with van der Waals surface area (Å²) in [4.78, 5) is 15.3. The Morgan fingerprint density at radius 2 is 1.94 bits per heavy atom. The minimum Gasteiger partial charge on any atom is -0.508 e. The Balaban J connectivity index is 1.16. The van der Waals surface area contributed by atoms with Crippen molar-refractivity contribution in [3.05, 3.63) is 53.6 Å². The van der Waals surface area contributed by atoms with Crippen LogP contribution >= 0.6 is 0 Å². The molecular weight excluding hydrogens is 396 g/mol. The van der Waals surface area contributed by atoms with Crippen LogP contribution in [0.1, 0.15) is 28.8 Å². The Morgan fingerprint density at radius 3 is 2.68 bits per heavy atom. The Bertz CT molecular complexity index is 924. The number of hydrogen-bond acceptors (Lipinski definition) is 6. The van der Waals surface area contributed by atoms with E-state index in [1.807, 2.05) is 12.1 Å². The van der Waals surface area contributed by atoms with Crippen molar-refractivity contribution in [3.8, 4) is 17.2 Å². The van der Waals surface area contributed by atoms with E-state index in [-0.39, 0.29) is 23.8 Å². The van der Waals surface area contributed by atoms with Crippen LogP contribution in [0.3, 0.4) is 0 Å². The molecule has 0 saturated carbocycles. The van der Waals surface area contributed by atoms with Crippen molar-refractivity contribution in [3.63, 3.8) is 0 Å². The topological polar surface area (TPSA) is 80.3 Å². The van der Waals surface area contributed by atoms with Gasteiger partial charge in [-0.25, -0.2) is 0 Å². The highest BCUT2D eigenvalue weighted by atomic mass is 16.6. The first-order valence-corrected chi connectivity index (χ1v) is 11.0. The predicted octanol–water partition coefficient (Wildman–Crippen LogP) is 2.57. The van der Waals surface area contributed by atoms with Crippen molar-refractivity contribution in [2.24, 2.45) is 5.92 Å². The molecule has 3 saturated heterocycles. The zero-order valence-corrected chi connectivity index (χ0v) is 17.5. The van der Waals surface area contributed by atoms with Gasteiger partial charge in [0.25, 0.3) is 5.91 Å². The summed E-state index contributed by atoms with van der Waals surface area (Å²) in [5.74, 6) is 1.98. The van der Waals surface area contributed by atoms with Gasteiger partial charge >= 0.3 is 0 Å². The number of phenols is 1. The van der Waals surface area contributed by atoms with Gasteiger partial charge in [0.2, 0.25) is 0 Å². The molecule has 2 aromatic rings. The van der Waals surface area contributed by atoms with Crippen molar-refractivity contribution in [1.29, 1.82) is 0 Å². The Morgan fingerprint density at radius 1 is 1.13 bits per heavy atom. The van der Waals surface area contributed by atoms with Gasteiger partial charge in [-0.15, -0.1) is 0 Å². The van der Waals surface area contributed by atoms with Gasteiger partial charge in [0.15, 0.2) is 17.6 Å². The van der Waals surface area contributed by atoms with Gasteiger partial charge in [-0.3, -0.25) is 4.79 Å². The molecule has 2 atom stereocenters. The second-order valence-corrected chi connectivity index (χ2v) is 8.61. The number of phenolic OH excluding ortho intramolecular Hbond substituents is 1. The van der Waals surface area contributed by atoms with Crippen LogP contribution in [0.15, 0.2) is 42.5 Å². The fourth-order valence-electron chi connectivity index (χ4n) is 4.62. The van der Waals surface area contributed by atoms with Gasteiger partial charge in [0.1, 0.15) is 12.4 Å². The SMILES string of the molecule is O=C(N[C@H]1CN2CCC1CC2)c1ccc2c(c1)O[C@H](COCc1ccc(O)cc1)CO2. The van der Waals surface area contributed by atoms with E-state index in [9.17, 15) is 9.90 Å². The lowest BCUT2D eigenvalue weighted by molar-refractivity contribution is 0.00265. The van der Waals surface area contributed by atoms with Crippen LogP contribution in [-0.4, -0.2) is 60.9 Å². The lowest BCUT2D eigenvalue weighted by Gasteiger charge is -2.44. The maximum atomic E-state index is 12.8. The summed E-state index contributed by atoms with van der Waals surface area (Å²) in [7, 11) is 0. The lowest BCUT2D eigenvalue weighted by atomic mass is 9.84. The number of aromatic hydroxyl groups is 1. The third-order valence-corrected chi connectivity index (χ3v) is 6.41. The van der Waals surface area contributed by atoms with E-state index < -0.39 is 0 Å². The molecule has 7 heteroatoms. The van der Waals surface area contributed by atoms with Gasteiger partial charge in [-0.05, 0) is 67.7 Å². The minimum atomic E-state index is -0.246. The van der Waals surface area contributed by atoms with Crippen LogP contribution in [0.5, 0.6) is 17.2 Å². The average Bonchev–Trinajstić information content (AvgIpc) is 2.81. The standard InChI is InChI=1S/C24H28N2O5/c27-19-4-1-16(2-5-19)13-29-14-20-15-30-22-6-3-18(11-23(22)31-20)24(28)25-21-12-26-9-7-17(21)8-10-26/h1-6,11,17,20-21,27H,7-10,12-15H2,(H,25,28)/t20-,21+/m1/s1. The van der Waals surface area contributed by atoms with E-state index >= 15 is 0 Å². The lowest BCUT2D eigenvalue weighted by Crippen LogP contribution is -2.57. The van der Waals surface area contributed by atoms with Crippen LogP contribution in [0.4, 0.5) is 0 Å². The smallest absolute Gasteiger partial charge is 0.251 e. The first-order chi connectivity index (χ1) is 15.1. The molecule has 4 aliphatic rings. The van der Waals surface area contributed by atoms with Crippen LogP contribution in [-0.2, 0) is 11.3 Å². The van der Waals surface area contributed by atoms with Crippen LogP contribution in [0.25, 0.3) is 0 Å². The zero-order chi connectivity index (χ0) is 21.2. The molecule has 4 aliphatic heterocycles. The van der Waals surface area contributed by atoms with Crippen LogP contribution in [0, 0.1) is 5.92 Å². The molecule has 0 unspecified atom stereocenters. The molecule has 3 fully saturated rings. The summed E-state index contributed by atoms with van der Waals surface area (Å²) in [5, 5.41) is 12.6. The fourth-order valence-corrected chi connectivity index (χ4v) is 4.62. The normalized spacial score (nSPS) is 26.5. The van der Waals surface area contributed by atoms with E-state index in [0.29, 0.717) is 42.8 Å². The largest absolute Gasteiger partial charge is 0.508 e. The number of amides is 1. The zero-order valence-electron chi connectivity index (χ0n) is 17.5. The van der Waals surface area contributed by atoms with E-state index in [1.54, 1.807) is 30.3 Å². The van der Waals surface area contributed by atoms with Gasteiger partial charge < -0.3 is 29.5 Å². The number of piperidine rings is 3. The summed E-state index contributed by atoms with van der Waals surface area (Å²) in [5.41, 5.74) is 1.56. The van der Waals surface area contributed by atoms with Gasteiger partial charge in [-0.1, -0.05) is 12.1 Å². The first kappa shape index (κ1) is 20.2. The molecule has 164 valence electrons. The van der Waals surface area contributed by atoms with Crippen molar-refractivity contribution < 1.29 is 24.1 Å². The summed E-state index contributed by atoms with van der Waals surface area (Å²) in [6.45, 7) is 4.44. The van der Waals surface area contributed by atoms with E-state index in [0.717, 1.165) is 38.0 Å². The highest BCUT2D eigenvalue weighted by Crippen LogP contribution is 2.33. The predicted molar refractivity (Wildman–Crippen MR) is 115 cm³/mol. The van der Waals surface area contributed by atoms with Gasteiger partial charge in [0, 0.05) is 18.2 Å². The maximum absolute atomic E-state index is 12.8. The van der Waals surface area contributed by atoms with Crippen molar-refractivity contribution in [1.82, 2.24) is 10.2 Å². The number of carbonyl (C=O) groups is 1. The first-order valence-electron chi connectivity index (χ1n) is 11.0. The monoisotopic (exact) mass is 424 g/mol. The third kappa shape index (κ3) is 4.62. The minimum absolute atomic E-state index is 0.0594. The van der Waals surface area contributed by atoms with Crippen molar-refractivity contribution in [2.75, 3.05) is 32.8 Å². The molecule has 2 bridgehead atoms. The van der Waals surface area contributed by atoms with E-state index in [2.05, 4.69) is 10.2 Å². The number of carbonyl (C=O) groups excluding carboxylic acids is 1. The van der Waals surface area contributed by atoms with Gasteiger partial charge in [0.05, 0.1) is 13.2 Å². The number of nitrogens with one attached hydrogen (secondary N) is 1. The second kappa shape index (κ2) is 8.77. The number of fused-ring (bicyclic) bond motifs is 4. The number of nitrogens with zero attached hydrogens (tertiary/aromatic N) is 1. The van der Waals surface area contributed by atoms with E-state index in [1.165, 1.54) is 0 Å². The molecule has 31 heavy (non-hydrogen) atoms. The van der Waals surface area contributed by atoms with E-state index in [4.69, 9.17) is 14.2 Å².